The van der Waals surface area contributed by atoms with Crippen LogP contribution >= 0.6 is 0 Å². The monoisotopic (exact) mass is 310 g/mol. The van der Waals surface area contributed by atoms with E-state index in [1.54, 1.807) is 0 Å². The number of nitrogens with zero attached hydrogens (tertiary/aromatic N) is 1. The highest BCUT2D eigenvalue weighted by atomic mass is 16.3. The second-order valence-electron chi connectivity index (χ2n) is 6.58. The highest BCUT2D eigenvalue weighted by Crippen LogP contribution is 2.28. The topological polar surface area (TPSA) is 35.5 Å². The van der Waals surface area contributed by atoms with Crippen molar-refractivity contribution >= 4 is 11.4 Å². The largest absolute Gasteiger partial charge is 0.393 e. The Labute approximate surface area is 139 Å². The van der Waals surface area contributed by atoms with E-state index in [0.29, 0.717) is 0 Å². The number of piperidine rings is 1. The number of aliphatic hydroxyl groups is 1. The van der Waals surface area contributed by atoms with Crippen LogP contribution in [-0.2, 0) is 6.54 Å². The third-order valence-electron chi connectivity index (χ3n) is 4.47. The maximum atomic E-state index is 9.70. The molecule has 1 fully saturated rings. The number of aryl methyl sites for hydroxylation is 2. The van der Waals surface area contributed by atoms with Gasteiger partial charge in [-0.3, -0.25) is 0 Å². The Hall–Kier alpha value is -2.00. The van der Waals surface area contributed by atoms with E-state index in [1.165, 1.54) is 28.1 Å². The molecule has 3 rings (SSSR count). The van der Waals surface area contributed by atoms with Gasteiger partial charge >= 0.3 is 0 Å². The molecule has 0 unspecified atom stereocenters. The summed E-state index contributed by atoms with van der Waals surface area (Å²) in [4.78, 5) is 2.37. The molecule has 0 aromatic heterocycles. The molecular formula is C20H26N2O. The number of anilines is 2. The minimum Gasteiger partial charge on any atom is -0.393 e. The summed E-state index contributed by atoms with van der Waals surface area (Å²) in [5.74, 6) is 0. The molecule has 1 aliphatic rings. The second-order valence-corrected chi connectivity index (χ2v) is 6.58. The summed E-state index contributed by atoms with van der Waals surface area (Å²) >= 11 is 0. The fourth-order valence-electron chi connectivity index (χ4n) is 3.37. The average Bonchev–Trinajstić information content (AvgIpc) is 2.53. The molecule has 3 heteroatoms. The molecule has 2 N–H and O–H groups in total. The lowest BCUT2D eigenvalue weighted by Crippen LogP contribution is -2.36. The van der Waals surface area contributed by atoms with Crippen molar-refractivity contribution in [2.24, 2.45) is 0 Å². The van der Waals surface area contributed by atoms with Crippen LogP contribution in [0.25, 0.3) is 0 Å². The van der Waals surface area contributed by atoms with E-state index in [1.807, 2.05) is 0 Å². The van der Waals surface area contributed by atoms with Gasteiger partial charge in [-0.2, -0.15) is 0 Å². The SMILES string of the molecule is Cc1cc(C)cc(CNc2ccccc2N2CCC(O)CC2)c1. The van der Waals surface area contributed by atoms with Crippen molar-refractivity contribution < 1.29 is 5.11 Å². The van der Waals surface area contributed by atoms with Crippen molar-refractivity contribution in [2.45, 2.75) is 39.3 Å². The van der Waals surface area contributed by atoms with E-state index >= 15 is 0 Å². The van der Waals surface area contributed by atoms with Gasteiger partial charge in [0.2, 0.25) is 0 Å². The van der Waals surface area contributed by atoms with Crippen LogP contribution in [0.15, 0.2) is 42.5 Å². The van der Waals surface area contributed by atoms with Gasteiger partial charge in [0.05, 0.1) is 17.5 Å². The Balaban J connectivity index is 1.73. The predicted octanol–water partition coefficient (Wildman–Crippen LogP) is 3.88. The average molecular weight is 310 g/mol. The van der Waals surface area contributed by atoms with Crippen LogP contribution in [-0.4, -0.2) is 24.3 Å². The number of hydrogen-bond acceptors (Lipinski definition) is 3. The molecule has 0 spiro atoms. The molecule has 0 bridgehead atoms. The van der Waals surface area contributed by atoms with Gasteiger partial charge in [0.1, 0.15) is 0 Å². The molecule has 1 saturated heterocycles. The van der Waals surface area contributed by atoms with Crippen molar-refractivity contribution in [2.75, 3.05) is 23.3 Å². The van der Waals surface area contributed by atoms with Gasteiger partial charge in [-0.1, -0.05) is 41.5 Å². The van der Waals surface area contributed by atoms with E-state index in [4.69, 9.17) is 0 Å². The fourth-order valence-corrected chi connectivity index (χ4v) is 3.37. The first-order valence-electron chi connectivity index (χ1n) is 8.45. The lowest BCUT2D eigenvalue weighted by molar-refractivity contribution is 0.145. The Kier molecular flexibility index (Phi) is 4.87. The summed E-state index contributed by atoms with van der Waals surface area (Å²) in [6.45, 7) is 6.95. The number of para-hydroxylation sites is 2. The van der Waals surface area contributed by atoms with Crippen LogP contribution < -0.4 is 10.2 Å². The number of hydrogen-bond donors (Lipinski definition) is 2. The predicted molar refractivity (Wildman–Crippen MR) is 97.1 cm³/mol. The summed E-state index contributed by atoms with van der Waals surface area (Å²) in [5.41, 5.74) is 6.33. The molecule has 1 heterocycles. The van der Waals surface area contributed by atoms with Crippen molar-refractivity contribution in [3.05, 3.63) is 59.2 Å². The smallest absolute Gasteiger partial charge is 0.0602 e. The third kappa shape index (κ3) is 4.05. The van der Waals surface area contributed by atoms with Crippen molar-refractivity contribution in [3.63, 3.8) is 0 Å². The molecule has 0 saturated carbocycles. The summed E-state index contributed by atoms with van der Waals surface area (Å²) in [7, 11) is 0. The quantitative estimate of drug-likeness (QED) is 0.899. The summed E-state index contributed by atoms with van der Waals surface area (Å²) in [5, 5.41) is 13.3. The van der Waals surface area contributed by atoms with Crippen molar-refractivity contribution in [1.82, 2.24) is 0 Å². The van der Waals surface area contributed by atoms with Gasteiger partial charge in [-0.25, -0.2) is 0 Å². The van der Waals surface area contributed by atoms with Gasteiger partial charge in [-0.05, 0) is 44.4 Å². The lowest BCUT2D eigenvalue weighted by Gasteiger charge is -2.33. The van der Waals surface area contributed by atoms with Gasteiger partial charge in [0.25, 0.3) is 0 Å². The summed E-state index contributed by atoms with van der Waals surface area (Å²) in [6, 6.07) is 15.1. The van der Waals surface area contributed by atoms with E-state index in [2.05, 4.69) is 66.5 Å². The number of nitrogens with one attached hydrogen (secondary N) is 1. The zero-order chi connectivity index (χ0) is 16.2. The molecule has 0 atom stereocenters. The standard InChI is InChI=1S/C20H26N2O/c1-15-11-16(2)13-17(12-15)14-21-19-5-3-4-6-20(19)22-9-7-18(23)8-10-22/h3-6,11-13,18,21,23H,7-10,14H2,1-2H3. The van der Waals surface area contributed by atoms with Gasteiger partial charge in [0.15, 0.2) is 0 Å². The van der Waals surface area contributed by atoms with E-state index in [0.717, 1.165) is 32.5 Å². The van der Waals surface area contributed by atoms with Crippen LogP contribution in [0.3, 0.4) is 0 Å². The molecule has 0 radical (unpaired) electrons. The third-order valence-corrected chi connectivity index (χ3v) is 4.47. The first-order chi connectivity index (χ1) is 11.1. The number of rotatable bonds is 4. The molecule has 1 aliphatic heterocycles. The maximum absolute atomic E-state index is 9.70. The normalized spacial score (nSPS) is 15.7. The molecule has 0 aliphatic carbocycles. The van der Waals surface area contributed by atoms with E-state index in [-0.39, 0.29) is 6.10 Å². The Morgan fingerprint density at radius 1 is 1.04 bits per heavy atom. The molecule has 2 aromatic rings. The van der Waals surface area contributed by atoms with Gasteiger partial charge < -0.3 is 15.3 Å². The molecule has 2 aromatic carbocycles. The molecule has 23 heavy (non-hydrogen) atoms. The maximum Gasteiger partial charge on any atom is 0.0602 e. The van der Waals surface area contributed by atoms with Crippen LogP contribution in [0.2, 0.25) is 0 Å². The molecule has 122 valence electrons. The van der Waals surface area contributed by atoms with Gasteiger partial charge in [0, 0.05) is 19.6 Å². The summed E-state index contributed by atoms with van der Waals surface area (Å²) in [6.07, 6.45) is 1.57. The first-order valence-corrected chi connectivity index (χ1v) is 8.45. The Bertz CT molecular complexity index is 640. The number of aliphatic hydroxyl groups excluding tert-OH is 1. The number of benzene rings is 2. The minimum absolute atomic E-state index is 0.137. The highest BCUT2D eigenvalue weighted by molar-refractivity contribution is 5.70. The van der Waals surface area contributed by atoms with Crippen LogP contribution in [0, 0.1) is 13.8 Å². The Morgan fingerprint density at radius 2 is 1.70 bits per heavy atom. The summed E-state index contributed by atoms with van der Waals surface area (Å²) < 4.78 is 0. The van der Waals surface area contributed by atoms with Crippen LogP contribution in [0.4, 0.5) is 11.4 Å². The molecular weight excluding hydrogens is 284 g/mol. The van der Waals surface area contributed by atoms with E-state index in [9.17, 15) is 5.11 Å². The fraction of sp³-hybridized carbons (Fsp3) is 0.400. The van der Waals surface area contributed by atoms with Gasteiger partial charge in [-0.15, -0.1) is 0 Å². The Morgan fingerprint density at radius 3 is 2.39 bits per heavy atom. The first kappa shape index (κ1) is 15.9. The lowest BCUT2D eigenvalue weighted by atomic mass is 10.1. The zero-order valence-corrected chi connectivity index (χ0v) is 14.0. The minimum atomic E-state index is -0.137. The van der Waals surface area contributed by atoms with Crippen molar-refractivity contribution in [3.8, 4) is 0 Å². The van der Waals surface area contributed by atoms with E-state index < -0.39 is 0 Å². The van der Waals surface area contributed by atoms with Crippen molar-refractivity contribution in [1.29, 1.82) is 0 Å². The van der Waals surface area contributed by atoms with Crippen LogP contribution in [0.1, 0.15) is 29.5 Å². The highest BCUT2D eigenvalue weighted by Gasteiger charge is 2.19. The molecule has 3 nitrogen and oxygen atoms in total. The zero-order valence-electron chi connectivity index (χ0n) is 14.0. The molecule has 0 amide bonds. The second kappa shape index (κ2) is 7.05. The van der Waals surface area contributed by atoms with Crippen LogP contribution in [0.5, 0.6) is 0 Å².